The molecule has 0 aromatic rings. The molecule has 0 radical (unpaired) electrons. The average molecular weight is 584 g/mol. The zero-order valence-corrected chi connectivity index (χ0v) is 26.4. The highest BCUT2D eigenvalue weighted by molar-refractivity contribution is 5.89. The van der Waals surface area contributed by atoms with Crippen molar-refractivity contribution in [3.05, 3.63) is 0 Å². The molecule has 5 aliphatic carbocycles. The number of aliphatic hydroxyl groups excluding tert-OH is 2. The molecule has 0 spiro atoms. The Kier molecular flexibility index (Phi) is 7.96. The molecule has 7 aliphatic rings. The molecule has 7 nitrogen and oxygen atoms in total. The fraction of sp³-hybridized carbons (Fsp3) is 0.943. The van der Waals surface area contributed by atoms with Gasteiger partial charge in [-0.3, -0.25) is 14.5 Å². The summed E-state index contributed by atoms with van der Waals surface area (Å²) in [5.74, 6) is 3.19. The normalized spacial score (nSPS) is 46.7. The lowest BCUT2D eigenvalue weighted by Crippen LogP contribution is -2.63. The van der Waals surface area contributed by atoms with E-state index in [1.165, 1.54) is 32.1 Å². The summed E-state index contributed by atoms with van der Waals surface area (Å²) in [5, 5.41) is 22.3. The van der Waals surface area contributed by atoms with Crippen molar-refractivity contribution in [1.29, 1.82) is 0 Å². The molecule has 7 rings (SSSR count). The SMILES string of the molecule is C[C@]12C[C@H](N3CCN(C(=O)[C@H]4CCCN4C(=O)C4CCCCC4)CC3)[C@@H](O)C[C@@H]1CC[C@@H]1[C@@H]2CC[C@]2(C)[C@@H](O)CC[C@@H]12. The van der Waals surface area contributed by atoms with Crippen molar-refractivity contribution in [3.63, 3.8) is 0 Å². The molecule has 5 saturated carbocycles. The van der Waals surface area contributed by atoms with E-state index in [-0.39, 0.29) is 52.9 Å². The van der Waals surface area contributed by atoms with Crippen LogP contribution in [0.5, 0.6) is 0 Å². The van der Waals surface area contributed by atoms with Crippen molar-refractivity contribution < 1.29 is 19.8 Å². The Labute approximate surface area is 253 Å². The smallest absolute Gasteiger partial charge is 0.245 e. The topological polar surface area (TPSA) is 84.3 Å². The van der Waals surface area contributed by atoms with Crippen LogP contribution in [0.15, 0.2) is 0 Å². The predicted molar refractivity (Wildman–Crippen MR) is 162 cm³/mol. The Bertz CT molecular complexity index is 1020. The molecule has 2 heterocycles. The molecular weight excluding hydrogens is 526 g/mol. The minimum Gasteiger partial charge on any atom is -0.393 e. The van der Waals surface area contributed by atoms with Crippen molar-refractivity contribution in [3.8, 4) is 0 Å². The van der Waals surface area contributed by atoms with Crippen LogP contribution in [0, 0.1) is 40.4 Å². The van der Waals surface area contributed by atoms with Crippen LogP contribution in [0.1, 0.15) is 110 Å². The van der Waals surface area contributed by atoms with Crippen LogP contribution in [-0.4, -0.2) is 93.7 Å². The zero-order valence-electron chi connectivity index (χ0n) is 26.4. The lowest BCUT2D eigenvalue weighted by atomic mass is 9.44. The average Bonchev–Trinajstić information content (AvgIpc) is 3.61. The van der Waals surface area contributed by atoms with E-state index in [2.05, 4.69) is 18.7 Å². The number of rotatable bonds is 3. The first kappa shape index (κ1) is 29.5. The van der Waals surface area contributed by atoms with Gasteiger partial charge >= 0.3 is 0 Å². The van der Waals surface area contributed by atoms with E-state index < -0.39 is 0 Å². The van der Waals surface area contributed by atoms with Gasteiger partial charge in [-0.05, 0) is 112 Å². The first-order chi connectivity index (χ1) is 20.2. The Hall–Kier alpha value is -1.18. The lowest BCUT2D eigenvalue weighted by molar-refractivity contribution is -0.158. The molecule has 2 saturated heterocycles. The third kappa shape index (κ3) is 4.78. The van der Waals surface area contributed by atoms with Crippen molar-refractivity contribution in [2.45, 2.75) is 134 Å². The quantitative estimate of drug-likeness (QED) is 0.513. The van der Waals surface area contributed by atoms with E-state index in [1.807, 2.05) is 9.80 Å². The molecule has 42 heavy (non-hydrogen) atoms. The van der Waals surface area contributed by atoms with Crippen LogP contribution >= 0.6 is 0 Å². The van der Waals surface area contributed by atoms with E-state index in [0.717, 1.165) is 89.8 Å². The Morgan fingerprint density at radius 1 is 0.714 bits per heavy atom. The van der Waals surface area contributed by atoms with Gasteiger partial charge in [-0.2, -0.15) is 0 Å². The maximum atomic E-state index is 13.7. The summed E-state index contributed by atoms with van der Waals surface area (Å²) in [7, 11) is 0. The number of likely N-dealkylation sites (tertiary alicyclic amines) is 1. The summed E-state index contributed by atoms with van der Waals surface area (Å²) in [4.78, 5) is 33.5. The highest BCUT2D eigenvalue weighted by Gasteiger charge is 2.61. The Morgan fingerprint density at radius 2 is 1.45 bits per heavy atom. The van der Waals surface area contributed by atoms with Gasteiger partial charge in [0, 0.05) is 44.7 Å². The summed E-state index contributed by atoms with van der Waals surface area (Å²) in [6.07, 6.45) is 15.8. The fourth-order valence-corrected chi connectivity index (χ4v) is 12.0. The van der Waals surface area contributed by atoms with Crippen molar-refractivity contribution >= 4 is 11.8 Å². The van der Waals surface area contributed by atoms with Gasteiger partial charge in [0.2, 0.25) is 11.8 Å². The van der Waals surface area contributed by atoms with Gasteiger partial charge in [0.15, 0.2) is 0 Å². The molecule has 10 atom stereocenters. The number of hydrogen-bond acceptors (Lipinski definition) is 5. The van der Waals surface area contributed by atoms with E-state index in [0.29, 0.717) is 30.8 Å². The molecule has 2 N–H and O–H groups in total. The lowest BCUT2D eigenvalue weighted by Gasteiger charge is -2.62. The van der Waals surface area contributed by atoms with Crippen molar-refractivity contribution in [2.75, 3.05) is 32.7 Å². The molecule has 0 aromatic heterocycles. The first-order valence-electron chi connectivity index (χ1n) is 17.9. The van der Waals surface area contributed by atoms with Crippen LogP contribution < -0.4 is 0 Å². The van der Waals surface area contributed by atoms with Crippen LogP contribution in [0.25, 0.3) is 0 Å². The van der Waals surface area contributed by atoms with E-state index in [1.54, 1.807) is 0 Å². The monoisotopic (exact) mass is 583 g/mol. The largest absolute Gasteiger partial charge is 0.393 e. The molecule has 0 aromatic carbocycles. The summed E-state index contributed by atoms with van der Waals surface area (Å²) in [6, 6.07) is -0.100. The van der Waals surface area contributed by atoms with Crippen LogP contribution in [0.2, 0.25) is 0 Å². The maximum Gasteiger partial charge on any atom is 0.245 e. The number of amides is 2. The van der Waals surface area contributed by atoms with Crippen molar-refractivity contribution in [1.82, 2.24) is 14.7 Å². The standard InChI is InChI=1S/C35H57N3O4/c1-34-15-14-27-25(26(34)12-13-31(34)40)11-10-24-21-30(39)29(22-35(24,27)2)36-17-19-37(20-18-36)33(42)28-9-6-16-38(28)32(41)23-7-4-3-5-8-23/h23-31,39-40H,3-22H2,1-2H3/t24-,25-,26-,27-,28+,29-,30-,31-,34-,35-/m0/s1. The molecule has 236 valence electrons. The second-order valence-electron chi connectivity index (χ2n) is 16.3. The minimum atomic E-state index is -0.289. The highest BCUT2D eigenvalue weighted by Crippen LogP contribution is 2.66. The number of aliphatic hydroxyl groups is 2. The molecule has 0 unspecified atom stereocenters. The Balaban J connectivity index is 0.989. The summed E-state index contributed by atoms with van der Waals surface area (Å²) in [5.41, 5.74) is 0.356. The van der Waals surface area contributed by atoms with Crippen LogP contribution in [-0.2, 0) is 9.59 Å². The molecular formula is C35H57N3O4. The maximum absolute atomic E-state index is 13.7. The van der Waals surface area contributed by atoms with Gasteiger partial charge in [-0.15, -0.1) is 0 Å². The number of hydrogen-bond donors (Lipinski definition) is 2. The van der Waals surface area contributed by atoms with Gasteiger partial charge in [0.1, 0.15) is 6.04 Å². The zero-order chi connectivity index (χ0) is 29.2. The molecule has 2 aliphatic heterocycles. The van der Waals surface area contributed by atoms with Gasteiger partial charge in [0.05, 0.1) is 12.2 Å². The number of piperazine rings is 1. The van der Waals surface area contributed by atoms with E-state index in [9.17, 15) is 19.8 Å². The first-order valence-corrected chi connectivity index (χ1v) is 17.9. The summed E-state index contributed by atoms with van der Waals surface area (Å²) < 4.78 is 0. The number of nitrogens with zero attached hydrogens (tertiary/aromatic N) is 3. The number of fused-ring (bicyclic) bond motifs is 5. The minimum absolute atomic E-state index is 0.108. The highest BCUT2D eigenvalue weighted by atomic mass is 16.3. The number of carbonyl (C=O) groups is 2. The second kappa shape index (κ2) is 11.3. The van der Waals surface area contributed by atoms with Crippen LogP contribution in [0.4, 0.5) is 0 Å². The van der Waals surface area contributed by atoms with Gasteiger partial charge < -0.3 is 20.0 Å². The second-order valence-corrected chi connectivity index (χ2v) is 16.3. The number of carbonyl (C=O) groups excluding carboxylic acids is 2. The molecule has 7 heteroatoms. The van der Waals surface area contributed by atoms with Crippen molar-refractivity contribution in [2.24, 2.45) is 40.4 Å². The fourth-order valence-electron chi connectivity index (χ4n) is 12.0. The molecule has 2 amide bonds. The van der Waals surface area contributed by atoms with Gasteiger partial charge in [-0.1, -0.05) is 33.1 Å². The third-order valence-corrected chi connectivity index (χ3v) is 14.5. The van der Waals surface area contributed by atoms with Crippen LogP contribution in [0.3, 0.4) is 0 Å². The van der Waals surface area contributed by atoms with E-state index >= 15 is 0 Å². The molecule has 0 bridgehead atoms. The summed E-state index contributed by atoms with van der Waals surface area (Å²) in [6.45, 7) is 8.70. The summed E-state index contributed by atoms with van der Waals surface area (Å²) >= 11 is 0. The van der Waals surface area contributed by atoms with E-state index in [4.69, 9.17) is 0 Å². The molecule has 7 fully saturated rings. The van der Waals surface area contributed by atoms with Gasteiger partial charge in [0.25, 0.3) is 0 Å². The Morgan fingerprint density at radius 3 is 2.21 bits per heavy atom. The predicted octanol–water partition coefficient (Wildman–Crippen LogP) is 4.44. The third-order valence-electron chi connectivity index (χ3n) is 14.5. The van der Waals surface area contributed by atoms with Gasteiger partial charge in [-0.25, -0.2) is 0 Å².